The predicted molar refractivity (Wildman–Crippen MR) is 42.8 cm³/mol. The van der Waals surface area contributed by atoms with Gasteiger partial charge in [0.1, 0.15) is 6.10 Å². The van der Waals surface area contributed by atoms with Crippen LogP contribution in [0.15, 0.2) is 5.38 Å². The van der Waals surface area contributed by atoms with E-state index < -0.39 is 0 Å². The molecule has 1 atom stereocenters. The zero-order valence-corrected chi connectivity index (χ0v) is 6.93. The molecular formula is C8H9NOS. The van der Waals surface area contributed by atoms with Crippen molar-refractivity contribution in [3.8, 4) is 0 Å². The van der Waals surface area contributed by atoms with E-state index in [-0.39, 0.29) is 0 Å². The highest BCUT2D eigenvalue weighted by Crippen LogP contribution is 2.43. The standard InChI is InChI=1S/C8H9NOS/c1-2-5(1)8-9-6(4-11-8)7-3-10-7/h4-5,7H,1-3H2/t7-/m0/s1. The minimum Gasteiger partial charge on any atom is -0.366 e. The molecule has 1 aromatic rings. The monoisotopic (exact) mass is 167 g/mol. The fourth-order valence-corrected chi connectivity index (χ4v) is 2.22. The lowest BCUT2D eigenvalue weighted by Gasteiger charge is -1.85. The molecule has 1 aromatic heterocycles. The lowest BCUT2D eigenvalue weighted by atomic mass is 10.4. The van der Waals surface area contributed by atoms with Gasteiger partial charge >= 0.3 is 0 Å². The van der Waals surface area contributed by atoms with E-state index >= 15 is 0 Å². The van der Waals surface area contributed by atoms with Crippen LogP contribution in [0.3, 0.4) is 0 Å². The van der Waals surface area contributed by atoms with Crippen LogP contribution in [0.2, 0.25) is 0 Å². The Balaban J connectivity index is 1.88. The van der Waals surface area contributed by atoms with Crippen LogP contribution in [0.1, 0.15) is 35.6 Å². The van der Waals surface area contributed by atoms with Crippen molar-refractivity contribution >= 4 is 11.3 Å². The molecule has 58 valence electrons. The Morgan fingerprint density at radius 3 is 3.00 bits per heavy atom. The molecule has 1 aliphatic heterocycles. The van der Waals surface area contributed by atoms with E-state index in [9.17, 15) is 0 Å². The lowest BCUT2D eigenvalue weighted by Crippen LogP contribution is -1.81. The molecule has 2 nitrogen and oxygen atoms in total. The SMILES string of the molecule is c1sc(C2CC2)nc1[C@@H]1CO1. The van der Waals surface area contributed by atoms with Crippen molar-refractivity contribution < 1.29 is 4.74 Å². The van der Waals surface area contributed by atoms with Gasteiger partial charge in [-0.2, -0.15) is 0 Å². The van der Waals surface area contributed by atoms with Gasteiger partial charge in [-0.25, -0.2) is 4.98 Å². The average molecular weight is 167 g/mol. The zero-order valence-electron chi connectivity index (χ0n) is 6.12. The van der Waals surface area contributed by atoms with Crippen molar-refractivity contribution in [1.29, 1.82) is 0 Å². The van der Waals surface area contributed by atoms with E-state index in [1.54, 1.807) is 11.3 Å². The van der Waals surface area contributed by atoms with Gasteiger partial charge in [0.2, 0.25) is 0 Å². The van der Waals surface area contributed by atoms with Crippen LogP contribution < -0.4 is 0 Å². The van der Waals surface area contributed by atoms with Crippen LogP contribution in [0.4, 0.5) is 0 Å². The van der Waals surface area contributed by atoms with Gasteiger partial charge in [-0.1, -0.05) is 0 Å². The van der Waals surface area contributed by atoms with Crippen LogP contribution in [0.25, 0.3) is 0 Å². The molecule has 0 radical (unpaired) electrons. The molecule has 2 aliphatic rings. The number of hydrogen-bond donors (Lipinski definition) is 0. The fourth-order valence-electron chi connectivity index (χ4n) is 1.19. The van der Waals surface area contributed by atoms with Crippen molar-refractivity contribution in [3.05, 3.63) is 16.1 Å². The second-order valence-corrected chi connectivity index (χ2v) is 4.10. The predicted octanol–water partition coefficient (Wildman–Crippen LogP) is 2.09. The first-order chi connectivity index (χ1) is 5.43. The lowest BCUT2D eigenvalue weighted by molar-refractivity contribution is 0.412. The molecule has 0 aromatic carbocycles. The maximum Gasteiger partial charge on any atom is 0.124 e. The molecular weight excluding hydrogens is 158 g/mol. The number of hydrogen-bond acceptors (Lipinski definition) is 3. The summed E-state index contributed by atoms with van der Waals surface area (Å²) in [5, 5.41) is 3.47. The molecule has 0 bridgehead atoms. The molecule has 11 heavy (non-hydrogen) atoms. The minimum absolute atomic E-state index is 0.346. The number of nitrogens with zero attached hydrogens (tertiary/aromatic N) is 1. The van der Waals surface area contributed by atoms with Gasteiger partial charge in [-0.15, -0.1) is 11.3 Å². The van der Waals surface area contributed by atoms with Crippen molar-refractivity contribution in [2.24, 2.45) is 0 Å². The van der Waals surface area contributed by atoms with Crippen LogP contribution in [0.5, 0.6) is 0 Å². The van der Waals surface area contributed by atoms with E-state index in [1.807, 2.05) is 0 Å². The molecule has 2 heterocycles. The molecule has 2 fully saturated rings. The summed E-state index contributed by atoms with van der Waals surface area (Å²) in [6.07, 6.45) is 3.04. The third kappa shape index (κ3) is 1.08. The highest BCUT2D eigenvalue weighted by molar-refractivity contribution is 7.09. The Bertz CT molecular complexity index is 249. The number of epoxide rings is 1. The number of ether oxygens (including phenoxy) is 1. The molecule has 3 heteroatoms. The highest BCUT2D eigenvalue weighted by Gasteiger charge is 2.31. The summed E-state index contributed by atoms with van der Waals surface area (Å²) in [5.74, 6) is 0.799. The van der Waals surface area contributed by atoms with Gasteiger partial charge in [0, 0.05) is 11.3 Å². The number of thiazole rings is 1. The molecule has 0 amide bonds. The summed E-state index contributed by atoms with van der Waals surface area (Å²) in [6, 6.07) is 0. The van der Waals surface area contributed by atoms with E-state index in [0.717, 1.165) is 18.2 Å². The van der Waals surface area contributed by atoms with E-state index in [0.29, 0.717) is 6.10 Å². The molecule has 1 saturated heterocycles. The van der Waals surface area contributed by atoms with E-state index in [1.165, 1.54) is 17.8 Å². The Hall–Kier alpha value is -0.410. The van der Waals surface area contributed by atoms with Crippen LogP contribution in [0, 0.1) is 0 Å². The Labute approximate surface area is 69.2 Å². The smallest absolute Gasteiger partial charge is 0.124 e. The Morgan fingerprint density at radius 2 is 2.36 bits per heavy atom. The highest BCUT2D eigenvalue weighted by atomic mass is 32.1. The van der Waals surface area contributed by atoms with Crippen molar-refractivity contribution in [3.63, 3.8) is 0 Å². The maximum atomic E-state index is 5.15. The van der Waals surface area contributed by atoms with Crippen molar-refractivity contribution in [1.82, 2.24) is 4.98 Å². The number of aromatic nitrogens is 1. The zero-order chi connectivity index (χ0) is 7.26. The van der Waals surface area contributed by atoms with Gasteiger partial charge in [0.25, 0.3) is 0 Å². The molecule has 0 spiro atoms. The van der Waals surface area contributed by atoms with E-state index in [4.69, 9.17) is 4.74 Å². The Morgan fingerprint density at radius 1 is 1.55 bits per heavy atom. The maximum absolute atomic E-state index is 5.15. The third-order valence-corrected chi connectivity index (χ3v) is 3.15. The van der Waals surface area contributed by atoms with Crippen LogP contribution >= 0.6 is 11.3 Å². The summed E-state index contributed by atoms with van der Waals surface area (Å²) < 4.78 is 5.15. The molecule has 1 aliphatic carbocycles. The molecule has 3 rings (SSSR count). The summed E-state index contributed by atoms with van der Waals surface area (Å²) in [4.78, 5) is 4.53. The first kappa shape index (κ1) is 6.14. The second-order valence-electron chi connectivity index (χ2n) is 3.21. The van der Waals surface area contributed by atoms with Crippen LogP contribution in [-0.2, 0) is 4.74 Å². The first-order valence-corrected chi connectivity index (χ1v) is 4.88. The first-order valence-electron chi connectivity index (χ1n) is 4.00. The largest absolute Gasteiger partial charge is 0.366 e. The van der Waals surface area contributed by atoms with Crippen LogP contribution in [-0.4, -0.2) is 11.6 Å². The second kappa shape index (κ2) is 2.05. The molecule has 0 unspecified atom stereocenters. The van der Waals surface area contributed by atoms with Gasteiger partial charge in [0.15, 0.2) is 0 Å². The summed E-state index contributed by atoms with van der Waals surface area (Å²) in [6.45, 7) is 0.883. The minimum atomic E-state index is 0.346. The van der Waals surface area contributed by atoms with Gasteiger partial charge in [0.05, 0.1) is 17.3 Å². The number of rotatable bonds is 2. The molecule has 0 N–H and O–H groups in total. The van der Waals surface area contributed by atoms with Crippen molar-refractivity contribution in [2.45, 2.75) is 24.9 Å². The quantitative estimate of drug-likeness (QED) is 0.630. The third-order valence-electron chi connectivity index (χ3n) is 2.13. The summed E-state index contributed by atoms with van der Waals surface area (Å²) in [5.41, 5.74) is 1.16. The van der Waals surface area contributed by atoms with Gasteiger partial charge < -0.3 is 4.74 Å². The van der Waals surface area contributed by atoms with Gasteiger partial charge in [-0.3, -0.25) is 0 Å². The topological polar surface area (TPSA) is 25.4 Å². The normalized spacial score (nSPS) is 28.9. The fraction of sp³-hybridized carbons (Fsp3) is 0.625. The average Bonchev–Trinajstić information content (AvgIpc) is 2.90. The Kier molecular flexibility index (Phi) is 1.14. The summed E-state index contributed by atoms with van der Waals surface area (Å²) >= 11 is 1.80. The molecule has 1 saturated carbocycles. The van der Waals surface area contributed by atoms with E-state index in [2.05, 4.69) is 10.4 Å². The van der Waals surface area contributed by atoms with Crippen molar-refractivity contribution in [2.75, 3.05) is 6.61 Å². The van der Waals surface area contributed by atoms with Gasteiger partial charge in [-0.05, 0) is 12.8 Å². The summed E-state index contributed by atoms with van der Waals surface area (Å²) in [7, 11) is 0.